The number of pyridine rings is 1. The molecule has 1 aromatic heterocycles. The Balaban J connectivity index is 2.41. The molecule has 0 bridgehead atoms. The summed E-state index contributed by atoms with van der Waals surface area (Å²) in [7, 11) is 0. The van der Waals surface area contributed by atoms with Crippen molar-refractivity contribution in [2.45, 2.75) is 13.8 Å². The molecule has 2 rings (SSSR count). The summed E-state index contributed by atoms with van der Waals surface area (Å²) in [5.41, 5.74) is 1.92. The van der Waals surface area contributed by atoms with Gasteiger partial charge in [0.25, 0.3) is 0 Å². The first-order chi connectivity index (χ1) is 8.99. The third kappa shape index (κ3) is 2.85. The van der Waals surface area contributed by atoms with Gasteiger partial charge in [0.1, 0.15) is 10.8 Å². The third-order valence-electron chi connectivity index (χ3n) is 2.64. The first-order valence-corrected chi connectivity index (χ1v) is 5.99. The van der Waals surface area contributed by atoms with E-state index in [0.29, 0.717) is 5.75 Å². The molecule has 0 saturated carbocycles. The summed E-state index contributed by atoms with van der Waals surface area (Å²) in [4.78, 5) is 14.9. The zero-order valence-corrected chi connectivity index (χ0v) is 11.2. The first kappa shape index (κ1) is 13.4. The summed E-state index contributed by atoms with van der Waals surface area (Å²) in [5, 5.41) is 8.98. The fraction of sp³-hybridized carbons (Fsp3) is 0.143. The van der Waals surface area contributed by atoms with E-state index in [-0.39, 0.29) is 16.5 Å². The fourth-order valence-corrected chi connectivity index (χ4v) is 1.81. The van der Waals surface area contributed by atoms with Gasteiger partial charge < -0.3 is 9.84 Å². The highest BCUT2D eigenvalue weighted by Crippen LogP contribution is 2.31. The van der Waals surface area contributed by atoms with E-state index in [1.165, 1.54) is 12.3 Å². The fourth-order valence-electron chi connectivity index (χ4n) is 1.58. The minimum absolute atomic E-state index is 0.00379. The van der Waals surface area contributed by atoms with Gasteiger partial charge in [-0.05, 0) is 37.1 Å². The highest BCUT2D eigenvalue weighted by Gasteiger charge is 2.15. The Kier molecular flexibility index (Phi) is 3.71. The quantitative estimate of drug-likeness (QED) is 0.926. The Morgan fingerprint density at radius 2 is 2.05 bits per heavy atom. The second-order valence-corrected chi connectivity index (χ2v) is 4.53. The minimum Gasteiger partial charge on any atom is -0.478 e. The number of hydrogen-bond donors (Lipinski definition) is 1. The first-order valence-electron chi connectivity index (χ1n) is 5.62. The molecule has 1 heterocycles. The van der Waals surface area contributed by atoms with Crippen molar-refractivity contribution in [2.75, 3.05) is 0 Å². The molecule has 1 aromatic carbocycles. The molecule has 0 aliphatic heterocycles. The second kappa shape index (κ2) is 5.28. The van der Waals surface area contributed by atoms with Crippen molar-refractivity contribution in [3.8, 4) is 11.6 Å². The second-order valence-electron chi connectivity index (χ2n) is 4.15. The molecule has 0 atom stereocenters. The van der Waals surface area contributed by atoms with Crippen LogP contribution in [0.4, 0.5) is 0 Å². The van der Waals surface area contributed by atoms with Crippen LogP contribution in [0.1, 0.15) is 21.5 Å². The molecule has 5 heteroatoms. The zero-order chi connectivity index (χ0) is 14.0. The van der Waals surface area contributed by atoms with Crippen molar-refractivity contribution in [1.29, 1.82) is 0 Å². The normalized spacial score (nSPS) is 10.3. The lowest BCUT2D eigenvalue weighted by Crippen LogP contribution is -2.00. The van der Waals surface area contributed by atoms with Crippen LogP contribution in [0.5, 0.6) is 11.6 Å². The van der Waals surface area contributed by atoms with Crippen LogP contribution >= 0.6 is 11.6 Å². The Hall–Kier alpha value is -2.07. The lowest BCUT2D eigenvalue weighted by molar-refractivity contribution is 0.0696. The number of hydrogen-bond acceptors (Lipinski definition) is 3. The summed E-state index contributed by atoms with van der Waals surface area (Å²) in [6, 6.07) is 7.06. The van der Waals surface area contributed by atoms with Gasteiger partial charge in [0.15, 0.2) is 0 Å². The monoisotopic (exact) mass is 277 g/mol. The smallest absolute Gasteiger partial charge is 0.337 e. The Bertz CT molecular complexity index is 641. The van der Waals surface area contributed by atoms with Crippen LogP contribution in [-0.4, -0.2) is 16.1 Å². The van der Waals surface area contributed by atoms with Gasteiger partial charge in [-0.3, -0.25) is 0 Å². The van der Waals surface area contributed by atoms with Crippen LogP contribution < -0.4 is 4.74 Å². The van der Waals surface area contributed by atoms with Gasteiger partial charge >= 0.3 is 5.97 Å². The molecule has 98 valence electrons. The van der Waals surface area contributed by atoms with Gasteiger partial charge in [0, 0.05) is 6.20 Å². The predicted molar refractivity (Wildman–Crippen MR) is 72.2 cm³/mol. The Morgan fingerprint density at radius 3 is 2.74 bits per heavy atom. The average Bonchev–Trinajstić information content (AvgIpc) is 2.36. The standard InChI is InChI=1S/C14H12ClNO3/c1-8-3-4-9(2)11(7-8)19-13-12(15)10(14(17)18)5-6-16-13/h3-7H,1-2H3,(H,17,18). The van der Waals surface area contributed by atoms with Gasteiger partial charge in [0.05, 0.1) is 5.56 Å². The maximum Gasteiger partial charge on any atom is 0.337 e. The lowest BCUT2D eigenvalue weighted by atomic mass is 10.1. The number of halogens is 1. The van der Waals surface area contributed by atoms with Crippen LogP contribution in [0.15, 0.2) is 30.5 Å². The number of aromatic carboxylic acids is 1. The number of carboxylic acid groups (broad SMARTS) is 1. The molecule has 0 aliphatic rings. The summed E-state index contributed by atoms with van der Waals surface area (Å²) in [6.07, 6.45) is 1.36. The number of carboxylic acids is 1. The van der Waals surface area contributed by atoms with Crippen LogP contribution in [0.2, 0.25) is 5.02 Å². The summed E-state index contributed by atoms with van der Waals surface area (Å²) >= 11 is 5.98. The Morgan fingerprint density at radius 1 is 1.32 bits per heavy atom. The van der Waals surface area contributed by atoms with Gasteiger partial charge in [-0.15, -0.1) is 0 Å². The number of benzene rings is 1. The summed E-state index contributed by atoms with van der Waals surface area (Å²) in [6.45, 7) is 3.83. The van der Waals surface area contributed by atoms with Gasteiger partial charge in [0.2, 0.25) is 5.88 Å². The molecule has 0 spiro atoms. The molecular formula is C14H12ClNO3. The van der Waals surface area contributed by atoms with Crippen molar-refractivity contribution >= 4 is 17.6 Å². The van der Waals surface area contributed by atoms with E-state index < -0.39 is 5.97 Å². The Labute approximate surface area is 115 Å². The third-order valence-corrected chi connectivity index (χ3v) is 3.00. The maximum atomic E-state index is 11.0. The molecular weight excluding hydrogens is 266 g/mol. The van der Waals surface area contributed by atoms with Crippen molar-refractivity contribution in [1.82, 2.24) is 4.98 Å². The van der Waals surface area contributed by atoms with E-state index in [1.54, 1.807) is 0 Å². The van der Waals surface area contributed by atoms with Gasteiger partial charge in [-0.25, -0.2) is 9.78 Å². The average molecular weight is 278 g/mol. The van der Waals surface area contributed by atoms with Gasteiger partial charge in [-0.2, -0.15) is 0 Å². The summed E-state index contributed by atoms with van der Waals surface area (Å²) in [5.74, 6) is -0.412. The number of rotatable bonds is 3. The lowest BCUT2D eigenvalue weighted by Gasteiger charge is -2.10. The topological polar surface area (TPSA) is 59.4 Å². The molecule has 0 fully saturated rings. The SMILES string of the molecule is Cc1ccc(C)c(Oc2nccc(C(=O)O)c2Cl)c1. The van der Waals surface area contributed by atoms with Gasteiger partial charge in [-0.1, -0.05) is 23.7 Å². The molecule has 0 amide bonds. The van der Waals surface area contributed by atoms with E-state index in [0.717, 1.165) is 11.1 Å². The van der Waals surface area contributed by atoms with Crippen molar-refractivity contribution in [3.63, 3.8) is 0 Å². The molecule has 0 unspecified atom stereocenters. The minimum atomic E-state index is -1.11. The molecule has 2 aromatic rings. The molecule has 0 aliphatic carbocycles. The van der Waals surface area contributed by atoms with Crippen molar-refractivity contribution < 1.29 is 14.6 Å². The van der Waals surface area contributed by atoms with Crippen LogP contribution in [0, 0.1) is 13.8 Å². The number of carbonyl (C=O) groups is 1. The zero-order valence-electron chi connectivity index (χ0n) is 10.5. The molecule has 0 radical (unpaired) electrons. The van der Waals surface area contributed by atoms with Crippen LogP contribution in [-0.2, 0) is 0 Å². The van der Waals surface area contributed by atoms with E-state index in [1.807, 2.05) is 32.0 Å². The van der Waals surface area contributed by atoms with Crippen LogP contribution in [0.25, 0.3) is 0 Å². The molecule has 19 heavy (non-hydrogen) atoms. The molecule has 1 N–H and O–H groups in total. The van der Waals surface area contributed by atoms with E-state index in [9.17, 15) is 4.79 Å². The van der Waals surface area contributed by atoms with E-state index in [4.69, 9.17) is 21.4 Å². The predicted octanol–water partition coefficient (Wildman–Crippen LogP) is 3.84. The van der Waals surface area contributed by atoms with Crippen LogP contribution in [0.3, 0.4) is 0 Å². The highest BCUT2D eigenvalue weighted by molar-refractivity contribution is 6.34. The van der Waals surface area contributed by atoms with Crippen molar-refractivity contribution in [3.05, 3.63) is 52.2 Å². The largest absolute Gasteiger partial charge is 0.478 e. The van der Waals surface area contributed by atoms with E-state index in [2.05, 4.69) is 4.98 Å². The highest BCUT2D eigenvalue weighted by atomic mass is 35.5. The molecule has 0 saturated heterocycles. The molecule has 4 nitrogen and oxygen atoms in total. The number of aryl methyl sites for hydroxylation is 2. The van der Waals surface area contributed by atoms with E-state index >= 15 is 0 Å². The summed E-state index contributed by atoms with van der Waals surface area (Å²) < 4.78 is 5.61. The number of ether oxygens (including phenoxy) is 1. The number of aromatic nitrogens is 1. The van der Waals surface area contributed by atoms with Crippen molar-refractivity contribution in [2.24, 2.45) is 0 Å². The number of nitrogens with zero attached hydrogens (tertiary/aromatic N) is 1. The maximum absolute atomic E-state index is 11.0.